The first kappa shape index (κ1) is 24.3. The van der Waals surface area contributed by atoms with Gasteiger partial charge in [0.2, 0.25) is 0 Å². The summed E-state index contributed by atoms with van der Waals surface area (Å²) in [4.78, 5) is 16.2. The molecule has 0 aliphatic rings. The molecule has 5 rings (SSSR count). The molecule has 1 aromatic heterocycles. The van der Waals surface area contributed by atoms with Crippen LogP contribution in [-0.4, -0.2) is 25.5 Å². The Kier molecular flexibility index (Phi) is 6.76. The first-order valence-corrected chi connectivity index (χ1v) is 13.1. The Hall–Kier alpha value is -4.40. The van der Waals surface area contributed by atoms with Crippen LogP contribution in [0.3, 0.4) is 0 Å². The number of halogens is 1. The maximum Gasteiger partial charge on any atom is 0.271 e. The average Bonchev–Trinajstić information content (AvgIpc) is 3.29. The SMILES string of the molecule is O=C(N/N=C\c1c(-c2ccccc2)[nH]c2ccccc12)c1cccc(S(=O)(=O)Nc2ccc(Cl)cc2)c1. The second-order valence-electron chi connectivity index (χ2n) is 8.16. The van der Waals surface area contributed by atoms with E-state index < -0.39 is 15.9 Å². The Labute approximate surface area is 218 Å². The molecule has 0 aliphatic carbocycles. The number of nitrogens with one attached hydrogen (secondary N) is 3. The third kappa shape index (κ3) is 5.40. The number of aromatic nitrogens is 1. The zero-order valence-corrected chi connectivity index (χ0v) is 20.9. The summed E-state index contributed by atoms with van der Waals surface area (Å²) in [5.41, 5.74) is 6.64. The third-order valence-corrected chi connectivity index (χ3v) is 7.30. The molecular weight excluding hydrogens is 508 g/mol. The highest BCUT2D eigenvalue weighted by molar-refractivity contribution is 7.92. The summed E-state index contributed by atoms with van der Waals surface area (Å²) in [7, 11) is -3.91. The number of carbonyl (C=O) groups is 1. The Morgan fingerprint density at radius 3 is 2.38 bits per heavy atom. The second kappa shape index (κ2) is 10.3. The molecule has 0 saturated heterocycles. The van der Waals surface area contributed by atoms with E-state index in [0.29, 0.717) is 10.7 Å². The topological polar surface area (TPSA) is 103 Å². The molecular formula is C28H21ClN4O3S. The molecule has 9 heteroatoms. The third-order valence-electron chi connectivity index (χ3n) is 5.67. The largest absolute Gasteiger partial charge is 0.354 e. The number of fused-ring (bicyclic) bond motifs is 1. The Bertz CT molecular complexity index is 1710. The van der Waals surface area contributed by atoms with Gasteiger partial charge in [0, 0.05) is 32.7 Å². The van der Waals surface area contributed by atoms with Gasteiger partial charge in [0.05, 0.1) is 16.8 Å². The zero-order chi connectivity index (χ0) is 25.8. The van der Waals surface area contributed by atoms with Crippen LogP contribution in [0.1, 0.15) is 15.9 Å². The first-order chi connectivity index (χ1) is 17.9. The van der Waals surface area contributed by atoms with Crippen molar-refractivity contribution in [2.75, 3.05) is 4.72 Å². The highest BCUT2D eigenvalue weighted by atomic mass is 35.5. The maximum absolute atomic E-state index is 12.8. The number of nitrogens with zero attached hydrogens (tertiary/aromatic N) is 1. The summed E-state index contributed by atoms with van der Waals surface area (Å²) in [6.45, 7) is 0. The maximum atomic E-state index is 12.8. The lowest BCUT2D eigenvalue weighted by atomic mass is 10.1. The van der Waals surface area contributed by atoms with Crippen LogP contribution in [0.4, 0.5) is 5.69 Å². The molecule has 3 N–H and O–H groups in total. The molecule has 0 spiro atoms. The average molecular weight is 529 g/mol. The van der Waals surface area contributed by atoms with Crippen molar-refractivity contribution in [3.63, 3.8) is 0 Å². The number of anilines is 1. The number of benzene rings is 4. The minimum atomic E-state index is -3.91. The van der Waals surface area contributed by atoms with Crippen molar-refractivity contribution in [2.45, 2.75) is 4.90 Å². The molecule has 0 radical (unpaired) electrons. The van der Waals surface area contributed by atoms with Gasteiger partial charge in [-0.25, -0.2) is 13.8 Å². The summed E-state index contributed by atoms with van der Waals surface area (Å²) in [5, 5.41) is 5.62. The lowest BCUT2D eigenvalue weighted by Crippen LogP contribution is -2.19. The molecule has 0 aliphatic heterocycles. The Balaban J connectivity index is 1.37. The normalized spacial score (nSPS) is 11.6. The van der Waals surface area contributed by atoms with E-state index in [0.717, 1.165) is 27.7 Å². The number of carbonyl (C=O) groups excluding carboxylic acids is 1. The minimum absolute atomic E-state index is 0.0536. The van der Waals surface area contributed by atoms with E-state index in [1.54, 1.807) is 30.5 Å². The number of hydrogen-bond acceptors (Lipinski definition) is 4. The van der Waals surface area contributed by atoms with E-state index in [-0.39, 0.29) is 10.5 Å². The van der Waals surface area contributed by atoms with Crippen molar-refractivity contribution in [3.05, 3.63) is 119 Å². The van der Waals surface area contributed by atoms with Crippen LogP contribution < -0.4 is 10.1 Å². The van der Waals surface area contributed by atoms with Crippen molar-refractivity contribution in [1.82, 2.24) is 10.4 Å². The van der Waals surface area contributed by atoms with E-state index in [4.69, 9.17) is 11.6 Å². The smallest absolute Gasteiger partial charge is 0.271 e. The number of sulfonamides is 1. The van der Waals surface area contributed by atoms with Crippen LogP contribution in [0.25, 0.3) is 22.2 Å². The molecule has 184 valence electrons. The van der Waals surface area contributed by atoms with Crippen molar-refractivity contribution in [1.29, 1.82) is 0 Å². The van der Waals surface area contributed by atoms with E-state index in [2.05, 4.69) is 20.2 Å². The zero-order valence-electron chi connectivity index (χ0n) is 19.4. The van der Waals surface area contributed by atoms with Gasteiger partial charge in [-0.05, 0) is 54.1 Å². The lowest BCUT2D eigenvalue weighted by molar-refractivity contribution is 0.0955. The summed E-state index contributed by atoms with van der Waals surface area (Å²) in [5.74, 6) is -0.541. The molecule has 5 aromatic rings. The Morgan fingerprint density at radius 2 is 1.59 bits per heavy atom. The van der Waals surface area contributed by atoms with Crippen molar-refractivity contribution >= 4 is 50.3 Å². The molecule has 0 atom stereocenters. The fourth-order valence-corrected chi connectivity index (χ4v) is 5.12. The molecule has 7 nitrogen and oxygen atoms in total. The van der Waals surface area contributed by atoms with Gasteiger partial charge in [-0.15, -0.1) is 0 Å². The molecule has 4 aromatic carbocycles. The summed E-state index contributed by atoms with van der Waals surface area (Å²) in [6, 6.07) is 29.7. The summed E-state index contributed by atoms with van der Waals surface area (Å²) in [6.07, 6.45) is 1.59. The van der Waals surface area contributed by atoms with E-state index >= 15 is 0 Å². The fourth-order valence-electron chi connectivity index (χ4n) is 3.89. The van der Waals surface area contributed by atoms with Gasteiger partial charge in [0.15, 0.2) is 0 Å². The number of aromatic amines is 1. The molecule has 1 heterocycles. The van der Waals surface area contributed by atoms with Gasteiger partial charge in [0.1, 0.15) is 0 Å². The van der Waals surface area contributed by atoms with Crippen molar-refractivity contribution < 1.29 is 13.2 Å². The van der Waals surface area contributed by atoms with Gasteiger partial charge in [-0.2, -0.15) is 5.10 Å². The predicted octanol–water partition coefficient (Wildman–Crippen LogP) is 6.05. The first-order valence-electron chi connectivity index (χ1n) is 11.3. The predicted molar refractivity (Wildman–Crippen MR) is 147 cm³/mol. The van der Waals surface area contributed by atoms with E-state index in [1.165, 1.54) is 24.3 Å². The fraction of sp³-hybridized carbons (Fsp3) is 0. The van der Waals surface area contributed by atoms with Gasteiger partial charge >= 0.3 is 0 Å². The molecule has 0 saturated carbocycles. The molecule has 0 unspecified atom stereocenters. The number of rotatable bonds is 7. The molecule has 0 bridgehead atoms. The monoisotopic (exact) mass is 528 g/mol. The van der Waals surface area contributed by atoms with Gasteiger partial charge in [0.25, 0.3) is 15.9 Å². The van der Waals surface area contributed by atoms with Crippen LogP contribution >= 0.6 is 11.6 Å². The minimum Gasteiger partial charge on any atom is -0.354 e. The van der Waals surface area contributed by atoms with Crippen molar-refractivity contribution in [3.8, 4) is 11.3 Å². The number of hydrogen-bond donors (Lipinski definition) is 3. The van der Waals surface area contributed by atoms with Crippen LogP contribution in [-0.2, 0) is 10.0 Å². The van der Waals surface area contributed by atoms with Crippen molar-refractivity contribution in [2.24, 2.45) is 5.10 Å². The number of amides is 1. The molecule has 0 fully saturated rings. The quantitative estimate of drug-likeness (QED) is 0.177. The van der Waals surface area contributed by atoms with Crippen LogP contribution in [0, 0.1) is 0 Å². The molecule has 37 heavy (non-hydrogen) atoms. The highest BCUT2D eigenvalue weighted by Gasteiger charge is 2.17. The van der Waals surface area contributed by atoms with E-state index in [1.807, 2.05) is 54.6 Å². The van der Waals surface area contributed by atoms with Crippen LogP contribution in [0.5, 0.6) is 0 Å². The second-order valence-corrected chi connectivity index (χ2v) is 10.3. The van der Waals surface area contributed by atoms with Crippen LogP contribution in [0.2, 0.25) is 5.02 Å². The van der Waals surface area contributed by atoms with Gasteiger partial charge in [-0.3, -0.25) is 9.52 Å². The van der Waals surface area contributed by atoms with Gasteiger partial charge in [-0.1, -0.05) is 66.2 Å². The van der Waals surface area contributed by atoms with E-state index in [9.17, 15) is 13.2 Å². The lowest BCUT2D eigenvalue weighted by Gasteiger charge is -2.09. The van der Waals surface area contributed by atoms with Crippen LogP contribution in [0.15, 0.2) is 113 Å². The Morgan fingerprint density at radius 1 is 0.865 bits per heavy atom. The number of para-hydroxylation sites is 1. The van der Waals surface area contributed by atoms with Gasteiger partial charge < -0.3 is 4.98 Å². The highest BCUT2D eigenvalue weighted by Crippen LogP contribution is 2.29. The number of H-pyrrole nitrogens is 1. The number of hydrazone groups is 1. The summed E-state index contributed by atoms with van der Waals surface area (Å²) >= 11 is 5.86. The standard InChI is InChI=1S/C28H21ClN4O3S/c29-21-13-15-22(16-14-21)33-37(35,36)23-10-6-9-20(17-23)28(34)32-30-18-25-24-11-4-5-12-26(24)31-27(25)19-7-2-1-3-8-19/h1-18,31,33H,(H,32,34)/b30-18-. The summed E-state index contributed by atoms with van der Waals surface area (Å²) < 4.78 is 28.1. The molecule has 1 amide bonds.